The first-order chi connectivity index (χ1) is 21.8. The summed E-state index contributed by atoms with van der Waals surface area (Å²) in [5.41, 5.74) is 2.44. The van der Waals surface area contributed by atoms with Crippen LogP contribution in [0.2, 0.25) is 0 Å². The van der Waals surface area contributed by atoms with E-state index in [9.17, 15) is 24.3 Å². The van der Waals surface area contributed by atoms with Crippen LogP contribution in [0.1, 0.15) is 66.0 Å². The number of allylic oxidation sites excluding steroid dienone is 1. The highest BCUT2D eigenvalue weighted by atomic mass is 16.6. The van der Waals surface area contributed by atoms with Crippen molar-refractivity contribution in [2.45, 2.75) is 98.0 Å². The van der Waals surface area contributed by atoms with E-state index < -0.39 is 30.4 Å². The van der Waals surface area contributed by atoms with Crippen LogP contribution < -0.4 is 0 Å². The summed E-state index contributed by atoms with van der Waals surface area (Å²) in [7, 11) is 0. The number of aliphatic hydroxyl groups excluding tert-OH is 1. The van der Waals surface area contributed by atoms with Gasteiger partial charge >= 0.3 is 12.2 Å². The average Bonchev–Trinajstić information content (AvgIpc) is 3.62. The predicted molar refractivity (Wildman–Crippen MR) is 178 cm³/mol. The smallest absolute Gasteiger partial charge is 0.410 e. The van der Waals surface area contributed by atoms with Crippen molar-refractivity contribution in [3.8, 4) is 0 Å². The zero-order chi connectivity index (χ0) is 33.6. The molecule has 3 aliphatic rings. The maximum absolute atomic E-state index is 12.4. The molecule has 10 heteroatoms. The summed E-state index contributed by atoms with van der Waals surface area (Å²) in [6.07, 6.45) is -0.548. The van der Waals surface area contributed by atoms with Crippen molar-refractivity contribution in [1.29, 1.82) is 0 Å². The van der Waals surface area contributed by atoms with Gasteiger partial charge in [-0.15, -0.1) is 6.58 Å². The summed E-state index contributed by atoms with van der Waals surface area (Å²) in [5, 5.41) is 10.2. The molecule has 0 spiro atoms. The van der Waals surface area contributed by atoms with Gasteiger partial charge in [0.15, 0.2) is 11.6 Å². The van der Waals surface area contributed by atoms with Crippen molar-refractivity contribution in [2.75, 3.05) is 13.1 Å². The molecule has 256 valence electrons. The highest BCUT2D eigenvalue weighted by Crippen LogP contribution is 2.43. The summed E-state index contributed by atoms with van der Waals surface area (Å²) in [6, 6.07) is 17.8. The molecule has 0 aliphatic carbocycles. The predicted octanol–water partition coefficient (Wildman–Crippen LogP) is 5.96. The van der Waals surface area contributed by atoms with Gasteiger partial charge in [-0.2, -0.15) is 0 Å². The molecular formula is C37H50N2O8. The maximum atomic E-state index is 12.4. The number of nitrogens with zero attached hydrogens (tertiary/aromatic N) is 2. The fraction of sp³-hybridized carbons (Fsp3) is 0.514. The number of fused-ring (bicyclic) bond motifs is 1. The van der Waals surface area contributed by atoms with E-state index in [-0.39, 0.29) is 62.3 Å². The van der Waals surface area contributed by atoms with E-state index in [2.05, 4.69) is 6.58 Å². The zero-order valence-electron chi connectivity index (χ0n) is 27.4. The average molecular weight is 651 g/mol. The van der Waals surface area contributed by atoms with E-state index in [4.69, 9.17) is 14.2 Å². The molecule has 0 bridgehead atoms. The SMILES string of the molecule is C.C=C(C)C[C@@H]1[C@@H](C(C)=O)N(C(=O)OCc2ccccc2)C[C@@H]1O.CC(=O)[C@@H]1[C@H]2CC(C)(C)OC2CN1C(=O)OCc1ccccc1. The van der Waals surface area contributed by atoms with Crippen LogP contribution in [0.25, 0.3) is 0 Å². The van der Waals surface area contributed by atoms with Gasteiger partial charge in [0.1, 0.15) is 13.2 Å². The molecule has 0 aromatic heterocycles. The largest absolute Gasteiger partial charge is 0.445 e. The molecule has 1 N–H and O–H groups in total. The molecule has 47 heavy (non-hydrogen) atoms. The van der Waals surface area contributed by atoms with E-state index in [1.807, 2.05) is 81.4 Å². The minimum atomic E-state index is -0.745. The lowest BCUT2D eigenvalue weighted by Gasteiger charge is -2.27. The molecular weight excluding hydrogens is 600 g/mol. The minimum absolute atomic E-state index is 0. The second kappa shape index (κ2) is 16.2. The number of amides is 2. The summed E-state index contributed by atoms with van der Waals surface area (Å²) in [6.45, 7) is 13.6. The van der Waals surface area contributed by atoms with Gasteiger partial charge in [-0.05, 0) is 58.6 Å². The molecule has 2 aromatic carbocycles. The first kappa shape index (κ1) is 37.4. The zero-order valence-corrected chi connectivity index (χ0v) is 27.4. The van der Waals surface area contributed by atoms with Crippen molar-refractivity contribution in [2.24, 2.45) is 11.8 Å². The molecule has 3 heterocycles. The summed E-state index contributed by atoms with van der Waals surface area (Å²) < 4.78 is 16.7. The Kier molecular flexibility index (Phi) is 12.9. The monoisotopic (exact) mass is 650 g/mol. The van der Waals surface area contributed by atoms with Gasteiger partial charge in [0.2, 0.25) is 0 Å². The minimum Gasteiger partial charge on any atom is -0.445 e. The number of aliphatic hydroxyl groups is 1. The standard InChI is InChI=1S/2C18H23NO4.CH4/c1-12(20)16-14-9-18(2,3)23-15(14)10-19(16)17(21)22-11-13-7-5-4-6-8-13;1-12(2)9-15-16(21)10-19(17(15)13(3)20)18(22)23-11-14-7-5-4-6-8-14;/h4-8,14-16H,9-11H2,1-3H3;4-8,15-17,21H,1,9-11H2,2-3H3;1H4/t14-,15?,16+;15-,16-,17+;/m00./s1. The molecule has 2 aromatic rings. The normalized spacial score (nSPS) is 25.5. The van der Waals surface area contributed by atoms with Crippen molar-refractivity contribution in [1.82, 2.24) is 9.80 Å². The first-order valence-corrected chi connectivity index (χ1v) is 15.7. The van der Waals surface area contributed by atoms with Crippen LogP contribution in [0.4, 0.5) is 9.59 Å². The lowest BCUT2D eigenvalue weighted by atomic mass is 9.89. The highest BCUT2D eigenvalue weighted by Gasteiger charge is 2.54. The Morgan fingerprint density at radius 2 is 1.30 bits per heavy atom. The first-order valence-electron chi connectivity index (χ1n) is 15.7. The number of ether oxygens (including phenoxy) is 3. The van der Waals surface area contributed by atoms with Gasteiger partial charge in [-0.25, -0.2) is 9.59 Å². The Morgan fingerprint density at radius 1 is 0.830 bits per heavy atom. The van der Waals surface area contributed by atoms with E-state index in [0.717, 1.165) is 23.1 Å². The number of carbonyl (C=O) groups excluding carboxylic acids is 4. The van der Waals surface area contributed by atoms with Crippen molar-refractivity contribution in [3.63, 3.8) is 0 Å². The van der Waals surface area contributed by atoms with Crippen LogP contribution in [0.15, 0.2) is 72.8 Å². The Balaban J connectivity index is 0.000000250. The van der Waals surface area contributed by atoms with Crippen LogP contribution >= 0.6 is 0 Å². The van der Waals surface area contributed by atoms with Crippen LogP contribution in [-0.4, -0.2) is 81.6 Å². The summed E-state index contributed by atoms with van der Waals surface area (Å²) in [4.78, 5) is 51.7. The van der Waals surface area contributed by atoms with Crippen molar-refractivity contribution < 1.29 is 38.5 Å². The van der Waals surface area contributed by atoms with Crippen molar-refractivity contribution in [3.05, 3.63) is 83.9 Å². The molecule has 3 fully saturated rings. The molecule has 3 saturated heterocycles. The Morgan fingerprint density at radius 3 is 1.74 bits per heavy atom. The number of hydrogen-bond donors (Lipinski definition) is 1. The number of β-amino-alcohol motifs (C(OH)–C–C–N with tert-alkyl or cyclic N) is 1. The van der Waals surface area contributed by atoms with E-state index in [1.165, 1.54) is 23.6 Å². The topological polar surface area (TPSA) is 123 Å². The van der Waals surface area contributed by atoms with Crippen LogP contribution in [0.5, 0.6) is 0 Å². The highest BCUT2D eigenvalue weighted by molar-refractivity contribution is 5.87. The Bertz CT molecular complexity index is 1400. The number of likely N-dealkylation sites (tertiary alicyclic amines) is 2. The fourth-order valence-corrected chi connectivity index (χ4v) is 6.84. The number of Topliss-reactive ketones (excluding diaryl/α,β-unsaturated/α-hetero) is 2. The molecule has 6 atom stereocenters. The molecule has 2 amide bonds. The second-order valence-electron chi connectivity index (χ2n) is 13.2. The lowest BCUT2D eigenvalue weighted by Crippen LogP contribution is -2.43. The van der Waals surface area contributed by atoms with E-state index >= 15 is 0 Å². The lowest BCUT2D eigenvalue weighted by molar-refractivity contribution is -0.122. The molecule has 1 unspecified atom stereocenters. The molecule has 3 aliphatic heterocycles. The number of ketones is 2. The third kappa shape index (κ3) is 9.51. The Hall–Kier alpha value is -4.02. The number of benzene rings is 2. The van der Waals surface area contributed by atoms with Gasteiger partial charge in [0, 0.05) is 11.8 Å². The fourth-order valence-electron chi connectivity index (χ4n) is 6.84. The van der Waals surface area contributed by atoms with Gasteiger partial charge < -0.3 is 19.3 Å². The third-order valence-corrected chi connectivity index (χ3v) is 8.71. The third-order valence-electron chi connectivity index (χ3n) is 8.71. The quantitative estimate of drug-likeness (QED) is 0.348. The van der Waals surface area contributed by atoms with Gasteiger partial charge in [0.25, 0.3) is 0 Å². The van der Waals surface area contributed by atoms with Gasteiger partial charge in [-0.1, -0.05) is 73.7 Å². The number of hydrogen-bond acceptors (Lipinski definition) is 8. The van der Waals surface area contributed by atoms with E-state index in [1.54, 1.807) is 0 Å². The summed E-state index contributed by atoms with van der Waals surface area (Å²) >= 11 is 0. The Labute approximate surface area is 278 Å². The van der Waals surface area contributed by atoms with E-state index in [0.29, 0.717) is 13.0 Å². The maximum Gasteiger partial charge on any atom is 0.410 e. The number of rotatable bonds is 8. The van der Waals surface area contributed by atoms with Crippen LogP contribution in [0.3, 0.4) is 0 Å². The van der Waals surface area contributed by atoms with Crippen LogP contribution in [0, 0.1) is 11.8 Å². The summed E-state index contributed by atoms with van der Waals surface area (Å²) in [5.74, 6) is -0.416. The number of carbonyl (C=O) groups is 4. The van der Waals surface area contributed by atoms with Crippen molar-refractivity contribution >= 4 is 23.8 Å². The molecule has 10 nitrogen and oxygen atoms in total. The van der Waals surface area contributed by atoms with Gasteiger partial charge in [-0.3, -0.25) is 19.4 Å². The molecule has 5 rings (SSSR count). The molecule has 0 radical (unpaired) electrons. The molecule has 0 saturated carbocycles. The second-order valence-corrected chi connectivity index (χ2v) is 13.2. The van der Waals surface area contributed by atoms with Gasteiger partial charge in [0.05, 0.1) is 43.0 Å². The van der Waals surface area contributed by atoms with Crippen LogP contribution in [-0.2, 0) is 37.0 Å².